The van der Waals surface area contributed by atoms with E-state index in [1.165, 1.54) is 30.1 Å². The molecular weight excluding hydrogens is 208 g/mol. The number of hydrogen-bond donors (Lipinski definition) is 1. The largest absolute Gasteiger partial charge is 0.345 e. The van der Waals surface area contributed by atoms with E-state index in [0.29, 0.717) is 5.92 Å². The highest BCUT2D eigenvalue weighted by molar-refractivity contribution is 5.25. The van der Waals surface area contributed by atoms with E-state index in [4.69, 9.17) is 4.98 Å². The number of imidazole rings is 1. The Kier molecular flexibility index (Phi) is 4.79. The van der Waals surface area contributed by atoms with Crippen molar-refractivity contribution < 1.29 is 0 Å². The Morgan fingerprint density at radius 1 is 1.24 bits per heavy atom. The number of aromatic nitrogens is 2. The zero-order valence-electron chi connectivity index (χ0n) is 12.4. The minimum atomic E-state index is 0.181. The Bertz CT molecular complexity index is 348. The summed E-state index contributed by atoms with van der Waals surface area (Å²) in [7, 11) is 0. The highest BCUT2D eigenvalue weighted by atomic mass is 14.9. The van der Waals surface area contributed by atoms with Gasteiger partial charge in [0.05, 0.1) is 5.69 Å². The molecule has 2 nitrogen and oxygen atoms in total. The predicted octanol–water partition coefficient (Wildman–Crippen LogP) is 4.56. The molecule has 2 heteroatoms. The number of rotatable bonds is 6. The first kappa shape index (κ1) is 14.3. The molecule has 1 heterocycles. The van der Waals surface area contributed by atoms with E-state index in [2.05, 4.69) is 46.5 Å². The molecule has 0 unspecified atom stereocenters. The number of aromatic amines is 1. The van der Waals surface area contributed by atoms with Crippen molar-refractivity contribution in [2.45, 2.75) is 78.6 Å². The molecule has 0 amide bonds. The molecule has 0 atom stereocenters. The number of nitrogens with one attached hydrogen (secondary N) is 1. The van der Waals surface area contributed by atoms with Crippen molar-refractivity contribution in [1.82, 2.24) is 9.97 Å². The lowest BCUT2D eigenvalue weighted by Gasteiger charge is -2.22. The van der Waals surface area contributed by atoms with Gasteiger partial charge in [0.25, 0.3) is 0 Å². The summed E-state index contributed by atoms with van der Waals surface area (Å²) in [6, 6.07) is 0. The lowest BCUT2D eigenvalue weighted by molar-refractivity contribution is 0.483. The number of aryl methyl sites for hydroxylation is 1. The van der Waals surface area contributed by atoms with E-state index in [1.807, 2.05) is 0 Å². The Labute approximate surface area is 106 Å². The molecule has 1 aromatic heterocycles. The van der Waals surface area contributed by atoms with Gasteiger partial charge in [-0.25, -0.2) is 4.98 Å². The van der Waals surface area contributed by atoms with Crippen LogP contribution in [0.15, 0.2) is 0 Å². The second-order valence-electron chi connectivity index (χ2n) is 5.94. The second kappa shape index (κ2) is 5.70. The summed E-state index contributed by atoms with van der Waals surface area (Å²) in [6.45, 7) is 13.5. The van der Waals surface area contributed by atoms with Crippen LogP contribution in [0.2, 0.25) is 0 Å². The molecule has 17 heavy (non-hydrogen) atoms. The molecule has 0 aliphatic rings. The summed E-state index contributed by atoms with van der Waals surface area (Å²) in [5.74, 6) is 1.70. The highest BCUT2D eigenvalue weighted by Crippen LogP contribution is 2.31. The average molecular weight is 236 g/mol. The van der Waals surface area contributed by atoms with Gasteiger partial charge in [-0.3, -0.25) is 0 Å². The van der Waals surface area contributed by atoms with Crippen molar-refractivity contribution in [2.75, 3.05) is 0 Å². The molecule has 98 valence electrons. The summed E-state index contributed by atoms with van der Waals surface area (Å²) in [4.78, 5) is 8.40. The van der Waals surface area contributed by atoms with E-state index < -0.39 is 0 Å². The van der Waals surface area contributed by atoms with Crippen molar-refractivity contribution >= 4 is 0 Å². The van der Waals surface area contributed by atoms with Gasteiger partial charge in [-0.15, -0.1) is 0 Å². The van der Waals surface area contributed by atoms with Crippen LogP contribution >= 0.6 is 0 Å². The van der Waals surface area contributed by atoms with E-state index >= 15 is 0 Å². The summed E-state index contributed by atoms with van der Waals surface area (Å²) in [6.07, 6.45) is 4.65. The molecule has 0 aliphatic heterocycles. The van der Waals surface area contributed by atoms with Crippen molar-refractivity contribution in [3.05, 3.63) is 17.2 Å². The maximum Gasteiger partial charge on any atom is 0.106 e. The van der Waals surface area contributed by atoms with Gasteiger partial charge in [0.15, 0.2) is 0 Å². The molecule has 0 saturated carbocycles. The molecule has 0 fully saturated rings. The first-order chi connectivity index (χ1) is 7.92. The Morgan fingerprint density at radius 3 is 2.35 bits per heavy atom. The predicted molar refractivity (Wildman–Crippen MR) is 74.6 cm³/mol. The third-order valence-corrected chi connectivity index (χ3v) is 3.65. The topological polar surface area (TPSA) is 28.7 Å². The first-order valence-corrected chi connectivity index (χ1v) is 7.01. The van der Waals surface area contributed by atoms with Gasteiger partial charge >= 0.3 is 0 Å². The molecule has 0 spiro atoms. The summed E-state index contributed by atoms with van der Waals surface area (Å²) in [5.41, 5.74) is 2.80. The Hall–Kier alpha value is -0.790. The fourth-order valence-corrected chi connectivity index (χ4v) is 2.00. The van der Waals surface area contributed by atoms with Gasteiger partial charge in [0.1, 0.15) is 5.82 Å². The molecule has 1 rings (SSSR count). The minimum Gasteiger partial charge on any atom is -0.345 e. The smallest absolute Gasteiger partial charge is 0.106 e. The van der Waals surface area contributed by atoms with Gasteiger partial charge in [0, 0.05) is 17.5 Å². The number of hydrogen-bond acceptors (Lipinski definition) is 1. The van der Waals surface area contributed by atoms with Gasteiger partial charge < -0.3 is 4.98 Å². The Balaban J connectivity index is 3.05. The number of unbranched alkanes of at least 4 members (excludes halogenated alkanes) is 1. The lowest BCUT2D eigenvalue weighted by Crippen LogP contribution is -2.18. The normalized spacial score (nSPS) is 12.4. The van der Waals surface area contributed by atoms with Crippen molar-refractivity contribution in [1.29, 1.82) is 0 Å². The summed E-state index contributed by atoms with van der Waals surface area (Å²) in [5, 5.41) is 0. The quantitative estimate of drug-likeness (QED) is 0.770. The Morgan fingerprint density at radius 2 is 1.88 bits per heavy atom. The van der Waals surface area contributed by atoms with Crippen LogP contribution in [0.1, 0.15) is 83.9 Å². The van der Waals surface area contributed by atoms with Crippen LogP contribution in [0, 0.1) is 0 Å². The molecule has 0 aromatic carbocycles. The SMILES string of the molecule is CCCCc1nc(C(C)(C)CC)c(C(C)C)[nH]1. The fraction of sp³-hybridized carbons (Fsp3) is 0.800. The average Bonchev–Trinajstić information content (AvgIpc) is 2.71. The molecule has 1 aromatic rings. The van der Waals surface area contributed by atoms with E-state index in [9.17, 15) is 0 Å². The summed E-state index contributed by atoms with van der Waals surface area (Å²) >= 11 is 0. The van der Waals surface area contributed by atoms with E-state index in [1.54, 1.807) is 0 Å². The van der Waals surface area contributed by atoms with Gasteiger partial charge in [0.2, 0.25) is 0 Å². The lowest BCUT2D eigenvalue weighted by atomic mass is 9.83. The van der Waals surface area contributed by atoms with Crippen LogP contribution in [0.5, 0.6) is 0 Å². The molecule has 0 saturated heterocycles. The van der Waals surface area contributed by atoms with E-state index in [0.717, 1.165) is 12.8 Å². The monoisotopic (exact) mass is 236 g/mol. The zero-order valence-corrected chi connectivity index (χ0v) is 12.4. The molecule has 0 radical (unpaired) electrons. The number of H-pyrrole nitrogens is 1. The van der Waals surface area contributed by atoms with Gasteiger partial charge in [-0.1, -0.05) is 48.0 Å². The molecule has 0 aliphatic carbocycles. The highest BCUT2D eigenvalue weighted by Gasteiger charge is 2.26. The minimum absolute atomic E-state index is 0.181. The van der Waals surface area contributed by atoms with Crippen LogP contribution < -0.4 is 0 Å². The van der Waals surface area contributed by atoms with Crippen molar-refractivity contribution in [2.24, 2.45) is 0 Å². The van der Waals surface area contributed by atoms with Crippen molar-refractivity contribution in [3.63, 3.8) is 0 Å². The number of nitrogens with zero attached hydrogens (tertiary/aromatic N) is 1. The molecular formula is C15H28N2. The van der Waals surface area contributed by atoms with Gasteiger partial charge in [-0.2, -0.15) is 0 Å². The summed E-state index contributed by atoms with van der Waals surface area (Å²) < 4.78 is 0. The van der Waals surface area contributed by atoms with Crippen LogP contribution in [0.4, 0.5) is 0 Å². The van der Waals surface area contributed by atoms with Crippen LogP contribution in [0.25, 0.3) is 0 Å². The third kappa shape index (κ3) is 3.34. The molecule has 1 N–H and O–H groups in total. The zero-order chi connectivity index (χ0) is 13.1. The van der Waals surface area contributed by atoms with E-state index in [-0.39, 0.29) is 5.41 Å². The van der Waals surface area contributed by atoms with Crippen LogP contribution in [0.3, 0.4) is 0 Å². The third-order valence-electron chi connectivity index (χ3n) is 3.65. The standard InChI is InChI=1S/C15H28N2/c1-7-9-10-12-16-13(11(3)4)14(17-12)15(5,6)8-2/h11H,7-10H2,1-6H3,(H,16,17). The fourth-order valence-electron chi connectivity index (χ4n) is 2.00. The molecule has 0 bridgehead atoms. The van der Waals surface area contributed by atoms with Crippen LogP contribution in [-0.2, 0) is 11.8 Å². The second-order valence-corrected chi connectivity index (χ2v) is 5.94. The maximum absolute atomic E-state index is 4.86. The van der Waals surface area contributed by atoms with Crippen LogP contribution in [-0.4, -0.2) is 9.97 Å². The van der Waals surface area contributed by atoms with Crippen molar-refractivity contribution in [3.8, 4) is 0 Å². The maximum atomic E-state index is 4.86. The first-order valence-electron chi connectivity index (χ1n) is 7.01. The van der Waals surface area contributed by atoms with Gasteiger partial charge in [-0.05, 0) is 18.8 Å².